The maximum Gasteiger partial charge on any atom is 0.327 e. The molecule has 0 saturated carbocycles. The number of hydrogen-bond acceptors (Lipinski definition) is 5. The predicted molar refractivity (Wildman–Crippen MR) is 95.4 cm³/mol. The molecule has 6 heteroatoms. The first-order valence-corrected chi connectivity index (χ1v) is 9.43. The number of carbonyl (C=O) groups excluding carboxylic acids is 1. The van der Waals surface area contributed by atoms with E-state index in [9.17, 15) is 13.2 Å². The second kappa shape index (κ2) is 7.70. The normalized spacial score (nSPS) is 13.7. The third-order valence-corrected chi connectivity index (χ3v) is 6.44. The van der Waals surface area contributed by atoms with Gasteiger partial charge in [-0.15, -0.1) is 0 Å². The summed E-state index contributed by atoms with van der Waals surface area (Å²) in [5, 5.41) is 0. The van der Waals surface area contributed by atoms with Crippen molar-refractivity contribution in [3.63, 3.8) is 0 Å². The standard InChI is InChI=1S/C19H22O5S/c1-4-24-18(20)19(2,14-15-8-6-5-7-9-15)25(21,22)17-12-10-16(23-3)11-13-17/h5-13H,4,14H2,1-3H3/t19-/m0/s1. The summed E-state index contributed by atoms with van der Waals surface area (Å²) in [6.07, 6.45) is 0.0288. The van der Waals surface area contributed by atoms with Gasteiger partial charge in [0.05, 0.1) is 18.6 Å². The molecule has 0 aliphatic carbocycles. The lowest BCUT2D eigenvalue weighted by molar-refractivity contribution is -0.145. The minimum atomic E-state index is -3.98. The van der Waals surface area contributed by atoms with Crippen molar-refractivity contribution in [3.05, 3.63) is 60.2 Å². The van der Waals surface area contributed by atoms with Crippen LogP contribution in [0.2, 0.25) is 0 Å². The molecule has 0 aliphatic rings. The number of sulfone groups is 1. The van der Waals surface area contributed by atoms with Gasteiger partial charge in [-0.1, -0.05) is 30.3 Å². The van der Waals surface area contributed by atoms with E-state index in [0.29, 0.717) is 5.75 Å². The topological polar surface area (TPSA) is 69.7 Å². The maximum absolute atomic E-state index is 13.2. The van der Waals surface area contributed by atoms with Crippen LogP contribution in [-0.4, -0.2) is 32.9 Å². The van der Waals surface area contributed by atoms with E-state index in [-0.39, 0.29) is 17.9 Å². The Morgan fingerprint density at radius 3 is 2.16 bits per heavy atom. The van der Waals surface area contributed by atoms with Gasteiger partial charge in [0, 0.05) is 6.42 Å². The molecule has 25 heavy (non-hydrogen) atoms. The molecule has 134 valence electrons. The molecule has 0 amide bonds. The largest absolute Gasteiger partial charge is 0.497 e. The Balaban J connectivity index is 2.50. The van der Waals surface area contributed by atoms with E-state index in [0.717, 1.165) is 5.56 Å². The SMILES string of the molecule is CCOC(=O)[C@](C)(Cc1ccccc1)S(=O)(=O)c1ccc(OC)cc1. The highest BCUT2D eigenvalue weighted by Gasteiger charge is 2.48. The predicted octanol–water partition coefficient (Wildman–Crippen LogP) is 3.03. The monoisotopic (exact) mass is 362 g/mol. The van der Waals surface area contributed by atoms with E-state index >= 15 is 0 Å². The molecule has 0 spiro atoms. The summed E-state index contributed by atoms with van der Waals surface area (Å²) in [5.41, 5.74) is 0.745. The van der Waals surface area contributed by atoms with Crippen LogP contribution in [-0.2, 0) is 25.8 Å². The minimum Gasteiger partial charge on any atom is -0.497 e. The summed E-state index contributed by atoms with van der Waals surface area (Å²) < 4.78 is 34.9. The summed E-state index contributed by atoms with van der Waals surface area (Å²) in [5.74, 6) is -0.213. The van der Waals surface area contributed by atoms with Crippen LogP contribution < -0.4 is 4.74 Å². The van der Waals surface area contributed by atoms with Gasteiger partial charge in [-0.05, 0) is 43.7 Å². The smallest absolute Gasteiger partial charge is 0.327 e. The highest BCUT2D eigenvalue weighted by Crippen LogP contribution is 2.31. The molecule has 2 aromatic carbocycles. The van der Waals surface area contributed by atoms with Crippen LogP contribution >= 0.6 is 0 Å². The van der Waals surface area contributed by atoms with Crippen molar-refractivity contribution in [2.75, 3.05) is 13.7 Å². The molecule has 0 N–H and O–H groups in total. The van der Waals surface area contributed by atoms with Crippen LogP contribution in [0.5, 0.6) is 5.75 Å². The van der Waals surface area contributed by atoms with Gasteiger partial charge in [0.1, 0.15) is 5.75 Å². The molecule has 0 radical (unpaired) electrons. The Labute approximate surface area is 148 Å². The van der Waals surface area contributed by atoms with Crippen molar-refractivity contribution in [2.45, 2.75) is 29.9 Å². The second-order valence-electron chi connectivity index (χ2n) is 5.79. The number of methoxy groups -OCH3 is 1. The fourth-order valence-electron chi connectivity index (χ4n) is 2.56. The highest BCUT2D eigenvalue weighted by molar-refractivity contribution is 7.93. The van der Waals surface area contributed by atoms with Gasteiger partial charge in [-0.2, -0.15) is 0 Å². The number of esters is 1. The van der Waals surface area contributed by atoms with Crippen molar-refractivity contribution in [1.82, 2.24) is 0 Å². The molecule has 2 aromatic rings. The van der Waals surface area contributed by atoms with Crippen molar-refractivity contribution in [1.29, 1.82) is 0 Å². The highest BCUT2D eigenvalue weighted by atomic mass is 32.2. The van der Waals surface area contributed by atoms with Crippen LogP contribution in [0.25, 0.3) is 0 Å². The fraction of sp³-hybridized carbons (Fsp3) is 0.316. The van der Waals surface area contributed by atoms with Crippen molar-refractivity contribution < 1.29 is 22.7 Å². The fourth-order valence-corrected chi connectivity index (χ4v) is 4.21. The average Bonchev–Trinajstić information content (AvgIpc) is 2.62. The van der Waals surface area contributed by atoms with Crippen molar-refractivity contribution >= 4 is 15.8 Å². The van der Waals surface area contributed by atoms with Crippen LogP contribution in [0, 0.1) is 0 Å². The third kappa shape index (κ3) is 3.85. The molecule has 0 aromatic heterocycles. The molecule has 1 atom stereocenters. The van der Waals surface area contributed by atoms with Gasteiger partial charge in [-0.3, -0.25) is 4.79 Å². The van der Waals surface area contributed by atoms with Gasteiger partial charge < -0.3 is 9.47 Å². The zero-order chi connectivity index (χ0) is 18.5. The molecule has 0 unspecified atom stereocenters. The lowest BCUT2D eigenvalue weighted by atomic mass is 10.0. The van der Waals surface area contributed by atoms with Gasteiger partial charge >= 0.3 is 5.97 Å². The summed E-state index contributed by atoms with van der Waals surface area (Å²) in [4.78, 5) is 12.6. The number of rotatable bonds is 7. The quantitative estimate of drug-likeness (QED) is 0.708. The van der Waals surface area contributed by atoms with Crippen molar-refractivity contribution in [2.24, 2.45) is 0 Å². The van der Waals surface area contributed by atoms with E-state index < -0.39 is 20.6 Å². The van der Waals surface area contributed by atoms with E-state index in [2.05, 4.69) is 0 Å². The molecular weight excluding hydrogens is 340 g/mol. The molecule has 2 rings (SSSR count). The Bertz CT molecular complexity index is 813. The van der Waals surface area contributed by atoms with Crippen molar-refractivity contribution in [3.8, 4) is 5.75 Å². The Morgan fingerprint density at radius 1 is 1.04 bits per heavy atom. The molecular formula is C19H22O5S. The van der Waals surface area contributed by atoms with Gasteiger partial charge in [0.15, 0.2) is 14.6 Å². The van der Waals surface area contributed by atoms with E-state index in [1.165, 1.54) is 26.2 Å². The van der Waals surface area contributed by atoms with Gasteiger partial charge in [0.25, 0.3) is 0 Å². The Kier molecular flexibility index (Phi) is 5.85. The average molecular weight is 362 g/mol. The summed E-state index contributed by atoms with van der Waals surface area (Å²) in [6, 6.07) is 15.0. The molecule has 0 fully saturated rings. The first-order chi connectivity index (χ1) is 11.8. The zero-order valence-corrected chi connectivity index (χ0v) is 15.4. The number of hydrogen-bond donors (Lipinski definition) is 0. The first-order valence-electron chi connectivity index (χ1n) is 7.95. The number of carbonyl (C=O) groups is 1. The van der Waals surface area contributed by atoms with E-state index in [4.69, 9.17) is 9.47 Å². The molecule has 0 aliphatic heterocycles. The number of ether oxygens (including phenoxy) is 2. The summed E-state index contributed by atoms with van der Waals surface area (Å²) in [6.45, 7) is 3.18. The molecule has 0 heterocycles. The lowest BCUT2D eigenvalue weighted by Crippen LogP contribution is -2.46. The van der Waals surface area contributed by atoms with E-state index in [1.54, 1.807) is 43.3 Å². The first kappa shape index (κ1) is 19.0. The number of benzene rings is 2. The molecule has 0 saturated heterocycles. The third-order valence-electron chi connectivity index (χ3n) is 4.05. The van der Waals surface area contributed by atoms with Crippen LogP contribution in [0.4, 0.5) is 0 Å². The molecule has 5 nitrogen and oxygen atoms in total. The van der Waals surface area contributed by atoms with Gasteiger partial charge in [0.2, 0.25) is 0 Å². The Hall–Kier alpha value is -2.34. The summed E-state index contributed by atoms with van der Waals surface area (Å²) >= 11 is 0. The van der Waals surface area contributed by atoms with Gasteiger partial charge in [-0.25, -0.2) is 8.42 Å². The second-order valence-corrected chi connectivity index (χ2v) is 8.17. The maximum atomic E-state index is 13.2. The van der Waals surface area contributed by atoms with E-state index in [1.807, 2.05) is 6.07 Å². The van der Waals surface area contributed by atoms with Crippen LogP contribution in [0.1, 0.15) is 19.4 Å². The summed E-state index contributed by atoms with van der Waals surface area (Å²) in [7, 11) is -2.47. The van der Waals surface area contributed by atoms with Crippen LogP contribution in [0.15, 0.2) is 59.5 Å². The Morgan fingerprint density at radius 2 is 1.64 bits per heavy atom. The van der Waals surface area contributed by atoms with Crippen LogP contribution in [0.3, 0.4) is 0 Å². The lowest BCUT2D eigenvalue weighted by Gasteiger charge is -2.27. The molecule has 0 bridgehead atoms. The zero-order valence-electron chi connectivity index (χ0n) is 14.6. The minimum absolute atomic E-state index is 0.0288.